The van der Waals surface area contributed by atoms with Gasteiger partial charge in [-0.25, -0.2) is 4.98 Å². The number of hydrogen-bond donors (Lipinski definition) is 0. The van der Waals surface area contributed by atoms with Crippen LogP contribution in [0.1, 0.15) is 56.0 Å². The minimum absolute atomic E-state index is 0.0994. The molecule has 3 saturated heterocycles. The molecule has 0 spiro atoms. The van der Waals surface area contributed by atoms with Gasteiger partial charge in [-0.15, -0.1) is 0 Å². The van der Waals surface area contributed by atoms with E-state index in [1.54, 1.807) is 6.07 Å². The molecule has 2 atom stereocenters. The first-order chi connectivity index (χ1) is 15.7. The lowest BCUT2D eigenvalue weighted by Crippen LogP contribution is -2.52. The van der Waals surface area contributed by atoms with Gasteiger partial charge in [0.1, 0.15) is 5.82 Å². The Kier molecular flexibility index (Phi) is 6.90. The number of ether oxygens (including phenoxy) is 1. The van der Waals surface area contributed by atoms with Crippen molar-refractivity contribution >= 4 is 5.91 Å². The molecule has 1 amide bonds. The summed E-state index contributed by atoms with van der Waals surface area (Å²) in [5, 5.41) is 0. The first kappa shape index (κ1) is 22.0. The van der Waals surface area contributed by atoms with Gasteiger partial charge in [-0.1, -0.05) is 6.42 Å². The van der Waals surface area contributed by atoms with Gasteiger partial charge < -0.3 is 9.64 Å². The van der Waals surface area contributed by atoms with Crippen molar-refractivity contribution < 1.29 is 9.53 Å². The summed E-state index contributed by atoms with van der Waals surface area (Å²) in [6, 6.07) is 1.75. The van der Waals surface area contributed by atoms with Gasteiger partial charge in [0.25, 0.3) is 5.56 Å². The molecule has 4 aliphatic heterocycles. The van der Waals surface area contributed by atoms with Crippen molar-refractivity contribution in [2.75, 3.05) is 59.0 Å². The maximum atomic E-state index is 12.9. The van der Waals surface area contributed by atoms with E-state index >= 15 is 0 Å². The van der Waals surface area contributed by atoms with Gasteiger partial charge in [0.2, 0.25) is 5.91 Å². The predicted octanol–water partition coefficient (Wildman–Crippen LogP) is 1.08. The second kappa shape index (κ2) is 10.0. The molecule has 8 heteroatoms. The van der Waals surface area contributed by atoms with Gasteiger partial charge in [0.15, 0.2) is 0 Å². The van der Waals surface area contributed by atoms with Crippen molar-refractivity contribution in [3.05, 3.63) is 27.9 Å². The fraction of sp³-hybridized carbons (Fsp3) is 0.792. The van der Waals surface area contributed by atoms with Gasteiger partial charge in [-0.2, -0.15) is 0 Å². The molecule has 0 unspecified atom stereocenters. The molecular weight excluding hydrogens is 406 g/mol. The highest BCUT2D eigenvalue weighted by Gasteiger charge is 2.30. The monoisotopic (exact) mass is 443 g/mol. The third kappa shape index (κ3) is 5.07. The molecule has 0 saturated carbocycles. The number of rotatable bonds is 5. The van der Waals surface area contributed by atoms with E-state index in [1.165, 1.54) is 19.3 Å². The molecule has 1 aromatic heterocycles. The van der Waals surface area contributed by atoms with E-state index < -0.39 is 0 Å². The van der Waals surface area contributed by atoms with E-state index in [0.29, 0.717) is 12.6 Å². The van der Waals surface area contributed by atoms with Gasteiger partial charge in [0, 0.05) is 70.8 Å². The number of amides is 1. The molecule has 8 nitrogen and oxygen atoms in total. The Labute approximate surface area is 190 Å². The summed E-state index contributed by atoms with van der Waals surface area (Å²) in [4.78, 5) is 37.1. The first-order valence-corrected chi connectivity index (χ1v) is 12.6. The van der Waals surface area contributed by atoms with Crippen LogP contribution in [0.3, 0.4) is 0 Å². The van der Waals surface area contributed by atoms with E-state index in [4.69, 9.17) is 9.72 Å². The van der Waals surface area contributed by atoms with Crippen LogP contribution in [0.25, 0.3) is 0 Å². The fourth-order valence-corrected chi connectivity index (χ4v) is 5.71. The van der Waals surface area contributed by atoms with Crippen LogP contribution in [0, 0.1) is 0 Å². The van der Waals surface area contributed by atoms with Crippen LogP contribution in [0.2, 0.25) is 0 Å². The number of fused-ring (bicyclic) bond motifs is 1. The Morgan fingerprint density at radius 2 is 1.88 bits per heavy atom. The molecule has 4 aliphatic rings. The number of carbonyl (C=O) groups excluding carboxylic acids is 1. The third-order valence-corrected chi connectivity index (χ3v) is 7.65. The number of carbonyl (C=O) groups is 1. The van der Waals surface area contributed by atoms with E-state index in [0.717, 1.165) is 96.2 Å². The number of piperazine rings is 1. The number of likely N-dealkylation sites (tertiary alicyclic amines) is 1. The summed E-state index contributed by atoms with van der Waals surface area (Å²) >= 11 is 0. The number of aryl methyl sites for hydroxylation is 1. The van der Waals surface area contributed by atoms with Crippen LogP contribution < -0.4 is 5.56 Å². The zero-order chi connectivity index (χ0) is 21.9. The van der Waals surface area contributed by atoms with Crippen molar-refractivity contribution in [2.45, 2.75) is 63.5 Å². The summed E-state index contributed by atoms with van der Waals surface area (Å²) in [6.45, 7) is 8.40. The Balaban J connectivity index is 1.11. The van der Waals surface area contributed by atoms with Crippen molar-refractivity contribution in [3.8, 4) is 0 Å². The van der Waals surface area contributed by atoms with E-state index in [1.807, 2.05) is 9.47 Å². The maximum absolute atomic E-state index is 12.9. The van der Waals surface area contributed by atoms with Gasteiger partial charge in [-0.05, 0) is 38.6 Å². The number of aromatic nitrogens is 2. The van der Waals surface area contributed by atoms with Crippen molar-refractivity contribution in [3.63, 3.8) is 0 Å². The second-order valence-corrected chi connectivity index (χ2v) is 9.93. The lowest BCUT2D eigenvalue weighted by atomic mass is 10.0. The normalized spacial score (nSPS) is 27.4. The molecule has 32 heavy (non-hydrogen) atoms. The quantitative estimate of drug-likeness (QED) is 0.678. The van der Waals surface area contributed by atoms with E-state index in [9.17, 15) is 9.59 Å². The van der Waals surface area contributed by atoms with Gasteiger partial charge in [-0.3, -0.25) is 24.0 Å². The molecule has 5 rings (SSSR count). The predicted molar refractivity (Wildman–Crippen MR) is 122 cm³/mol. The molecule has 5 heterocycles. The SMILES string of the molecule is O=C(CN1CC[C@@H](c2cc(=O)n3c(n2)CCCCC3)C1)N1CCN(C[C@H]2CCCO2)CC1. The maximum Gasteiger partial charge on any atom is 0.253 e. The Bertz CT molecular complexity index is 858. The summed E-state index contributed by atoms with van der Waals surface area (Å²) in [7, 11) is 0. The Morgan fingerprint density at radius 3 is 2.69 bits per heavy atom. The van der Waals surface area contributed by atoms with Crippen LogP contribution in [0.5, 0.6) is 0 Å². The number of hydrogen-bond acceptors (Lipinski definition) is 6. The Morgan fingerprint density at radius 1 is 1.00 bits per heavy atom. The summed E-state index contributed by atoms with van der Waals surface area (Å²) < 4.78 is 7.62. The molecule has 176 valence electrons. The largest absolute Gasteiger partial charge is 0.377 e. The topological polar surface area (TPSA) is 70.9 Å². The van der Waals surface area contributed by atoms with E-state index in [2.05, 4.69) is 9.80 Å². The lowest BCUT2D eigenvalue weighted by Gasteiger charge is -2.36. The highest BCUT2D eigenvalue weighted by Crippen LogP contribution is 2.26. The smallest absolute Gasteiger partial charge is 0.253 e. The molecule has 0 aromatic carbocycles. The lowest BCUT2D eigenvalue weighted by molar-refractivity contribution is -0.134. The third-order valence-electron chi connectivity index (χ3n) is 7.65. The van der Waals surface area contributed by atoms with Gasteiger partial charge >= 0.3 is 0 Å². The minimum atomic E-state index is 0.0994. The zero-order valence-electron chi connectivity index (χ0n) is 19.2. The first-order valence-electron chi connectivity index (χ1n) is 12.6. The highest BCUT2D eigenvalue weighted by atomic mass is 16.5. The molecule has 3 fully saturated rings. The molecule has 0 radical (unpaired) electrons. The summed E-state index contributed by atoms with van der Waals surface area (Å²) in [5.41, 5.74) is 1.03. The molecule has 0 aliphatic carbocycles. The zero-order valence-corrected chi connectivity index (χ0v) is 19.2. The molecule has 1 aromatic rings. The van der Waals surface area contributed by atoms with Crippen LogP contribution in [0.4, 0.5) is 0 Å². The summed E-state index contributed by atoms with van der Waals surface area (Å²) in [5.74, 6) is 1.45. The Hall–Kier alpha value is -1.77. The van der Waals surface area contributed by atoms with Crippen LogP contribution in [-0.2, 0) is 22.5 Å². The minimum Gasteiger partial charge on any atom is -0.377 e. The van der Waals surface area contributed by atoms with E-state index in [-0.39, 0.29) is 17.4 Å². The fourth-order valence-electron chi connectivity index (χ4n) is 5.71. The average molecular weight is 444 g/mol. The standard InChI is InChI=1S/C24H37N5O3/c30-23-15-21(25-22-6-2-1-3-8-29(22)23)19-7-9-27(16-19)18-24(31)28-12-10-26(11-13-28)17-20-5-4-14-32-20/h15,19-20H,1-14,16-18H2/t19-,20-/m1/s1. The van der Waals surface area contributed by atoms with Crippen molar-refractivity contribution in [1.82, 2.24) is 24.3 Å². The highest BCUT2D eigenvalue weighted by molar-refractivity contribution is 5.78. The molecular formula is C24H37N5O3. The van der Waals surface area contributed by atoms with Crippen LogP contribution >= 0.6 is 0 Å². The summed E-state index contributed by atoms with van der Waals surface area (Å²) in [6.07, 6.45) is 7.94. The van der Waals surface area contributed by atoms with Crippen molar-refractivity contribution in [2.24, 2.45) is 0 Å². The average Bonchev–Trinajstić information content (AvgIpc) is 3.42. The molecule has 0 bridgehead atoms. The van der Waals surface area contributed by atoms with Crippen LogP contribution in [0.15, 0.2) is 10.9 Å². The second-order valence-electron chi connectivity index (χ2n) is 9.93. The van der Waals surface area contributed by atoms with Crippen LogP contribution in [-0.4, -0.2) is 95.2 Å². The number of nitrogens with zero attached hydrogens (tertiary/aromatic N) is 5. The molecule has 0 N–H and O–H groups in total. The van der Waals surface area contributed by atoms with Gasteiger partial charge in [0.05, 0.1) is 18.3 Å². The van der Waals surface area contributed by atoms with Crippen molar-refractivity contribution in [1.29, 1.82) is 0 Å².